The number of fused-ring (bicyclic) bond motifs is 1. The molecular formula is C22H30O2. The Kier molecular flexibility index (Phi) is 6.25. The molecule has 130 valence electrons. The van der Waals surface area contributed by atoms with E-state index in [0.717, 1.165) is 32.3 Å². The number of ether oxygens (including phenoxy) is 1. The van der Waals surface area contributed by atoms with Crippen LogP contribution in [0.3, 0.4) is 0 Å². The SMILES string of the molecule is C[C@H]1CC(=O)[C@@H]2CC=C(CCCCOCc3ccccc3)C[C@@H]2C1. The minimum Gasteiger partial charge on any atom is -0.377 e. The van der Waals surface area contributed by atoms with Crippen molar-refractivity contribution in [1.82, 2.24) is 0 Å². The fourth-order valence-electron chi connectivity index (χ4n) is 4.31. The topological polar surface area (TPSA) is 26.3 Å². The van der Waals surface area contributed by atoms with Crippen LogP contribution in [-0.4, -0.2) is 12.4 Å². The third-order valence-corrected chi connectivity index (χ3v) is 5.57. The number of Topliss-reactive ketones (excluding diaryl/α,β-unsaturated/α-hetero) is 1. The lowest BCUT2D eigenvalue weighted by Crippen LogP contribution is -2.34. The maximum atomic E-state index is 12.1. The molecule has 3 rings (SSSR count). The molecule has 2 nitrogen and oxygen atoms in total. The van der Waals surface area contributed by atoms with Gasteiger partial charge in [0.15, 0.2) is 0 Å². The number of benzene rings is 1. The lowest BCUT2D eigenvalue weighted by Gasteiger charge is -2.37. The highest BCUT2D eigenvalue weighted by Crippen LogP contribution is 2.41. The molecule has 3 atom stereocenters. The summed E-state index contributed by atoms with van der Waals surface area (Å²) in [5.41, 5.74) is 2.83. The van der Waals surface area contributed by atoms with E-state index in [-0.39, 0.29) is 0 Å². The molecule has 0 N–H and O–H groups in total. The summed E-state index contributed by atoms with van der Waals surface area (Å²) in [7, 11) is 0. The summed E-state index contributed by atoms with van der Waals surface area (Å²) in [6, 6.07) is 10.4. The molecule has 0 heterocycles. The second-order valence-electron chi connectivity index (χ2n) is 7.68. The number of carbonyl (C=O) groups excluding carboxylic acids is 1. The fourth-order valence-corrected chi connectivity index (χ4v) is 4.31. The molecule has 2 aliphatic carbocycles. The Morgan fingerprint density at radius 2 is 1.96 bits per heavy atom. The van der Waals surface area contributed by atoms with Gasteiger partial charge in [0.25, 0.3) is 0 Å². The van der Waals surface area contributed by atoms with Crippen molar-refractivity contribution < 1.29 is 9.53 Å². The zero-order valence-electron chi connectivity index (χ0n) is 14.9. The minimum absolute atomic E-state index is 0.333. The van der Waals surface area contributed by atoms with Crippen molar-refractivity contribution in [3.05, 3.63) is 47.5 Å². The largest absolute Gasteiger partial charge is 0.377 e. The van der Waals surface area contributed by atoms with Crippen molar-refractivity contribution in [3.8, 4) is 0 Å². The smallest absolute Gasteiger partial charge is 0.136 e. The fraction of sp³-hybridized carbons (Fsp3) is 0.591. The first kappa shape index (κ1) is 17.4. The van der Waals surface area contributed by atoms with E-state index in [1.165, 1.54) is 24.8 Å². The molecule has 0 aromatic heterocycles. The van der Waals surface area contributed by atoms with Crippen LogP contribution in [0, 0.1) is 17.8 Å². The molecule has 0 amide bonds. The highest BCUT2D eigenvalue weighted by molar-refractivity contribution is 5.82. The molecule has 1 aromatic rings. The Balaban J connectivity index is 1.33. The molecule has 24 heavy (non-hydrogen) atoms. The third-order valence-electron chi connectivity index (χ3n) is 5.57. The number of allylic oxidation sites excluding steroid dienone is 2. The molecule has 0 aliphatic heterocycles. The number of hydrogen-bond acceptors (Lipinski definition) is 2. The zero-order chi connectivity index (χ0) is 16.8. The van der Waals surface area contributed by atoms with Gasteiger partial charge in [0.2, 0.25) is 0 Å². The van der Waals surface area contributed by atoms with E-state index in [1.807, 2.05) is 6.07 Å². The summed E-state index contributed by atoms with van der Waals surface area (Å²) in [5, 5.41) is 0. The summed E-state index contributed by atoms with van der Waals surface area (Å²) in [6.45, 7) is 3.78. The molecule has 0 radical (unpaired) electrons. The van der Waals surface area contributed by atoms with Gasteiger partial charge >= 0.3 is 0 Å². The van der Waals surface area contributed by atoms with E-state index < -0.39 is 0 Å². The molecule has 0 bridgehead atoms. The first-order valence-electron chi connectivity index (χ1n) is 9.54. The Morgan fingerprint density at radius 1 is 1.12 bits per heavy atom. The van der Waals surface area contributed by atoms with E-state index in [9.17, 15) is 4.79 Å². The highest BCUT2D eigenvalue weighted by Gasteiger charge is 2.36. The van der Waals surface area contributed by atoms with E-state index >= 15 is 0 Å². The maximum absolute atomic E-state index is 12.1. The van der Waals surface area contributed by atoms with Crippen molar-refractivity contribution in [2.45, 2.75) is 58.5 Å². The lowest BCUT2D eigenvalue weighted by atomic mass is 9.67. The van der Waals surface area contributed by atoms with Gasteiger partial charge in [-0.15, -0.1) is 0 Å². The van der Waals surface area contributed by atoms with Gasteiger partial charge in [-0.25, -0.2) is 0 Å². The van der Waals surface area contributed by atoms with Gasteiger partial charge in [-0.05, 0) is 55.9 Å². The third kappa shape index (κ3) is 4.80. The summed E-state index contributed by atoms with van der Waals surface area (Å²) in [4.78, 5) is 12.1. The van der Waals surface area contributed by atoms with Gasteiger partial charge in [-0.2, -0.15) is 0 Å². The molecule has 1 fully saturated rings. The van der Waals surface area contributed by atoms with Crippen molar-refractivity contribution in [2.75, 3.05) is 6.61 Å². The van der Waals surface area contributed by atoms with Gasteiger partial charge in [-0.3, -0.25) is 4.79 Å². The minimum atomic E-state index is 0.333. The van der Waals surface area contributed by atoms with Crippen LogP contribution >= 0.6 is 0 Å². The summed E-state index contributed by atoms with van der Waals surface area (Å²) in [6.07, 6.45) is 10.1. The van der Waals surface area contributed by atoms with E-state index in [2.05, 4.69) is 37.3 Å². The molecular weight excluding hydrogens is 296 g/mol. The van der Waals surface area contributed by atoms with E-state index in [1.54, 1.807) is 5.57 Å². The van der Waals surface area contributed by atoms with Crippen LogP contribution in [0.4, 0.5) is 0 Å². The van der Waals surface area contributed by atoms with Gasteiger partial charge in [0.05, 0.1) is 6.61 Å². The number of ketones is 1. The van der Waals surface area contributed by atoms with Crippen LogP contribution in [0.1, 0.15) is 57.4 Å². The van der Waals surface area contributed by atoms with E-state index in [0.29, 0.717) is 30.1 Å². The van der Waals surface area contributed by atoms with Crippen LogP contribution in [0.5, 0.6) is 0 Å². The monoisotopic (exact) mass is 326 g/mol. The van der Waals surface area contributed by atoms with Crippen LogP contribution in [0.25, 0.3) is 0 Å². The average Bonchev–Trinajstić information content (AvgIpc) is 2.58. The van der Waals surface area contributed by atoms with Gasteiger partial charge in [0.1, 0.15) is 5.78 Å². The van der Waals surface area contributed by atoms with Crippen LogP contribution in [0.2, 0.25) is 0 Å². The van der Waals surface area contributed by atoms with Gasteiger partial charge < -0.3 is 4.74 Å². The lowest BCUT2D eigenvalue weighted by molar-refractivity contribution is -0.128. The molecule has 2 aliphatic rings. The highest BCUT2D eigenvalue weighted by atomic mass is 16.5. The van der Waals surface area contributed by atoms with E-state index in [4.69, 9.17) is 4.74 Å². The standard InChI is InChI=1S/C22H30O2/c1-17-13-20-15-18(10-11-21(20)22(23)14-17)7-5-6-12-24-16-19-8-3-2-4-9-19/h2-4,8-10,17,20-21H,5-7,11-16H2,1H3/t17-,20+,21-/m1/s1. The summed E-state index contributed by atoms with van der Waals surface area (Å²) in [5.74, 6) is 2.06. The second-order valence-corrected chi connectivity index (χ2v) is 7.68. The predicted octanol–water partition coefficient (Wildman–Crippen LogP) is 5.33. The quantitative estimate of drug-likeness (QED) is 0.500. The molecule has 2 heteroatoms. The number of rotatable bonds is 7. The predicted molar refractivity (Wildman–Crippen MR) is 97.7 cm³/mol. The normalized spacial score (nSPS) is 26.8. The number of carbonyl (C=O) groups is 1. The van der Waals surface area contributed by atoms with Crippen molar-refractivity contribution >= 4 is 5.78 Å². The molecule has 1 aromatic carbocycles. The van der Waals surface area contributed by atoms with Crippen molar-refractivity contribution in [2.24, 2.45) is 17.8 Å². The zero-order valence-corrected chi connectivity index (χ0v) is 14.9. The van der Waals surface area contributed by atoms with Gasteiger partial charge in [-0.1, -0.05) is 48.9 Å². The summed E-state index contributed by atoms with van der Waals surface area (Å²) < 4.78 is 5.76. The number of hydrogen-bond donors (Lipinski definition) is 0. The molecule has 0 saturated heterocycles. The Bertz CT molecular complexity index is 561. The average molecular weight is 326 g/mol. The maximum Gasteiger partial charge on any atom is 0.136 e. The second kappa shape index (κ2) is 8.62. The molecule has 0 spiro atoms. The molecule has 0 unspecified atom stereocenters. The first-order chi connectivity index (χ1) is 11.7. The van der Waals surface area contributed by atoms with Crippen molar-refractivity contribution in [3.63, 3.8) is 0 Å². The van der Waals surface area contributed by atoms with Crippen LogP contribution in [-0.2, 0) is 16.1 Å². The van der Waals surface area contributed by atoms with Crippen LogP contribution < -0.4 is 0 Å². The van der Waals surface area contributed by atoms with Gasteiger partial charge in [0, 0.05) is 18.9 Å². The van der Waals surface area contributed by atoms with Crippen LogP contribution in [0.15, 0.2) is 42.0 Å². The number of unbranched alkanes of at least 4 members (excludes halogenated alkanes) is 1. The Hall–Kier alpha value is -1.41. The first-order valence-corrected chi connectivity index (χ1v) is 9.54. The Labute approximate surface area is 146 Å². The Morgan fingerprint density at radius 3 is 2.79 bits per heavy atom. The summed E-state index contributed by atoms with van der Waals surface area (Å²) >= 11 is 0. The van der Waals surface area contributed by atoms with Crippen molar-refractivity contribution in [1.29, 1.82) is 0 Å². The molecule has 1 saturated carbocycles.